The Morgan fingerprint density at radius 2 is 0.865 bits per heavy atom. The molecule has 2 aliphatic rings. The predicted molar refractivity (Wildman–Crippen MR) is 294 cm³/mol. The van der Waals surface area contributed by atoms with E-state index in [4.69, 9.17) is 18.9 Å². The molecule has 2 amide bonds. The smallest absolute Gasteiger partial charge is 0.411 e. The number of anilines is 6. The van der Waals surface area contributed by atoms with E-state index in [1.165, 1.54) is 14.2 Å². The number of methoxy groups -OCH3 is 2. The molecular formula is C58H46N6O8S2. The molecule has 0 bridgehead atoms. The van der Waals surface area contributed by atoms with Gasteiger partial charge in [-0.05, 0) is 62.4 Å². The fraction of sp³-hybridized carbons (Fsp3) is 0.103. The number of benzene rings is 8. The normalized spacial score (nSPS) is 11.9. The van der Waals surface area contributed by atoms with E-state index in [0.29, 0.717) is 56.1 Å². The summed E-state index contributed by atoms with van der Waals surface area (Å²) in [6.45, 7) is 3.99. The molecule has 0 atom stereocenters. The zero-order valence-electron chi connectivity index (χ0n) is 40.4. The second-order valence-electron chi connectivity index (χ2n) is 17.0. The monoisotopic (exact) mass is 1020 g/mol. The molecule has 14 nitrogen and oxygen atoms in total. The standard InChI is InChI=1S/2C29H23N3O4S/c2*1-3-36-29(34)32-19-13-7-4-10-16(19)22-23-17-11-5-6-12-18(17)30-25(23)27-26(24(22)28(33)35-2)31-20-14-8-9-15-21(20)37-27/h2*4-15,30-31H,3H2,1-2H3,(H,32,34). The molecule has 368 valence electrons. The second kappa shape index (κ2) is 20.0. The number of nitrogens with one attached hydrogen (secondary N) is 6. The van der Waals surface area contributed by atoms with Crippen LogP contribution < -0.4 is 21.3 Å². The van der Waals surface area contributed by atoms with Gasteiger partial charge in [-0.2, -0.15) is 0 Å². The van der Waals surface area contributed by atoms with Gasteiger partial charge in [-0.1, -0.05) is 121 Å². The van der Waals surface area contributed by atoms with Crippen LogP contribution in [-0.4, -0.2) is 61.5 Å². The van der Waals surface area contributed by atoms with Crippen molar-refractivity contribution in [2.24, 2.45) is 0 Å². The van der Waals surface area contributed by atoms with E-state index in [1.54, 1.807) is 49.5 Å². The first-order valence-corrected chi connectivity index (χ1v) is 25.4. The lowest BCUT2D eigenvalue weighted by Crippen LogP contribution is -2.15. The van der Waals surface area contributed by atoms with Crippen LogP contribution >= 0.6 is 23.5 Å². The Bertz CT molecular complexity index is 3670. The molecule has 2 aromatic heterocycles. The number of carbonyl (C=O) groups excluding carboxylic acids is 4. The Balaban J connectivity index is 0.000000159. The summed E-state index contributed by atoms with van der Waals surface area (Å²) in [4.78, 5) is 63.0. The van der Waals surface area contributed by atoms with Crippen LogP contribution in [0.3, 0.4) is 0 Å². The molecule has 0 radical (unpaired) electrons. The highest BCUT2D eigenvalue weighted by Gasteiger charge is 2.34. The van der Waals surface area contributed by atoms with Crippen molar-refractivity contribution in [2.75, 3.05) is 48.7 Å². The van der Waals surface area contributed by atoms with Gasteiger partial charge in [0.05, 0.1) is 93.5 Å². The van der Waals surface area contributed by atoms with Crippen molar-refractivity contribution < 1.29 is 38.1 Å². The fourth-order valence-corrected chi connectivity index (χ4v) is 11.9. The van der Waals surface area contributed by atoms with Crippen LogP contribution in [0, 0.1) is 0 Å². The van der Waals surface area contributed by atoms with E-state index in [2.05, 4.69) is 43.4 Å². The number of aromatic nitrogens is 2. The van der Waals surface area contributed by atoms with Gasteiger partial charge < -0.3 is 39.5 Å². The molecule has 12 rings (SSSR count). The van der Waals surface area contributed by atoms with Gasteiger partial charge >= 0.3 is 24.1 Å². The van der Waals surface area contributed by atoms with Crippen molar-refractivity contribution in [1.29, 1.82) is 0 Å². The average Bonchev–Trinajstić information content (AvgIpc) is 4.03. The molecule has 4 heterocycles. The van der Waals surface area contributed by atoms with E-state index in [0.717, 1.165) is 74.6 Å². The topological polar surface area (TPSA) is 185 Å². The SMILES string of the molecule is CCOC(=O)Nc1ccccc1-c1c(C(=O)OC)c2c(c3[nH]c4ccccc4c13)Sc1ccccc1N2.CCOC(=O)Nc1ccccc1-c1c(C(=O)OC)c2c(c3[nH]c4ccccc4c13)Sc1ccccc1N2. The number of H-pyrrole nitrogens is 2. The molecule has 74 heavy (non-hydrogen) atoms. The van der Waals surface area contributed by atoms with Gasteiger partial charge in [0, 0.05) is 64.6 Å². The minimum atomic E-state index is -0.565. The third-order valence-electron chi connectivity index (χ3n) is 12.7. The molecule has 2 aliphatic heterocycles. The minimum absolute atomic E-state index is 0.244. The number of aromatic amines is 2. The van der Waals surface area contributed by atoms with E-state index < -0.39 is 24.1 Å². The van der Waals surface area contributed by atoms with Crippen LogP contribution in [-0.2, 0) is 18.9 Å². The second-order valence-corrected chi connectivity index (χ2v) is 19.1. The van der Waals surface area contributed by atoms with Gasteiger partial charge in [-0.3, -0.25) is 10.6 Å². The summed E-state index contributed by atoms with van der Waals surface area (Å²) in [5.74, 6) is -0.950. The van der Waals surface area contributed by atoms with E-state index >= 15 is 0 Å². The summed E-state index contributed by atoms with van der Waals surface area (Å²) in [5.41, 5.74) is 11.4. The Morgan fingerprint density at radius 1 is 0.486 bits per heavy atom. The maximum Gasteiger partial charge on any atom is 0.411 e. The van der Waals surface area contributed by atoms with Gasteiger partial charge in [0.15, 0.2) is 0 Å². The maximum absolute atomic E-state index is 13.5. The molecule has 10 aromatic rings. The van der Waals surface area contributed by atoms with E-state index in [-0.39, 0.29) is 13.2 Å². The highest BCUT2D eigenvalue weighted by molar-refractivity contribution is 8.00. The van der Waals surface area contributed by atoms with Crippen LogP contribution in [0.25, 0.3) is 65.9 Å². The summed E-state index contributed by atoms with van der Waals surface area (Å²) in [6.07, 6.45) is -1.13. The third kappa shape index (κ3) is 8.32. The molecule has 6 N–H and O–H groups in total. The first-order valence-electron chi connectivity index (χ1n) is 23.7. The third-order valence-corrected chi connectivity index (χ3v) is 15.1. The number of hydrogen-bond acceptors (Lipinski definition) is 12. The first kappa shape index (κ1) is 47.5. The van der Waals surface area contributed by atoms with Gasteiger partial charge in [-0.25, -0.2) is 19.2 Å². The largest absolute Gasteiger partial charge is 0.465 e. The highest BCUT2D eigenvalue weighted by Crippen LogP contribution is 2.56. The van der Waals surface area contributed by atoms with E-state index in [9.17, 15) is 19.2 Å². The van der Waals surface area contributed by atoms with Crippen LogP contribution in [0.4, 0.5) is 43.7 Å². The van der Waals surface area contributed by atoms with Gasteiger partial charge in [0.2, 0.25) is 0 Å². The number of fused-ring (bicyclic) bond motifs is 12. The van der Waals surface area contributed by atoms with Crippen LogP contribution in [0.15, 0.2) is 165 Å². The maximum atomic E-state index is 13.5. The van der Waals surface area contributed by atoms with Crippen molar-refractivity contribution >= 4 is 125 Å². The first-order chi connectivity index (χ1) is 36.2. The number of carbonyl (C=O) groups is 4. The molecule has 0 unspecified atom stereocenters. The Hall–Kier alpha value is -8.86. The van der Waals surface area contributed by atoms with Crippen molar-refractivity contribution in [3.05, 3.63) is 157 Å². The van der Waals surface area contributed by atoms with E-state index in [1.807, 2.05) is 121 Å². The molecule has 0 saturated heterocycles. The Labute approximate surface area is 432 Å². The lowest BCUT2D eigenvalue weighted by atomic mass is 9.91. The number of esters is 2. The molecule has 0 fully saturated rings. The van der Waals surface area contributed by atoms with Crippen molar-refractivity contribution in [3.63, 3.8) is 0 Å². The summed E-state index contributed by atoms with van der Waals surface area (Å²) in [6, 6.07) is 46.7. The summed E-state index contributed by atoms with van der Waals surface area (Å²) in [5, 5.41) is 16.4. The molecule has 0 aliphatic carbocycles. The molecule has 0 spiro atoms. The van der Waals surface area contributed by atoms with Crippen molar-refractivity contribution in [3.8, 4) is 22.3 Å². The van der Waals surface area contributed by atoms with Crippen LogP contribution in [0.1, 0.15) is 34.6 Å². The molecule has 0 saturated carbocycles. The lowest BCUT2D eigenvalue weighted by molar-refractivity contribution is 0.0593. The molecule has 8 aromatic carbocycles. The average molecular weight is 1020 g/mol. The van der Waals surface area contributed by atoms with Gasteiger partial charge in [-0.15, -0.1) is 0 Å². The summed E-state index contributed by atoms with van der Waals surface area (Å²) in [7, 11) is 2.76. The lowest BCUT2D eigenvalue weighted by Gasteiger charge is -2.26. The zero-order chi connectivity index (χ0) is 51.0. The quantitative estimate of drug-likeness (QED) is 0.0626. The Kier molecular flexibility index (Phi) is 12.8. The number of hydrogen-bond donors (Lipinski definition) is 6. The molecular weight excluding hydrogens is 973 g/mol. The van der Waals surface area contributed by atoms with Crippen LogP contribution in [0.2, 0.25) is 0 Å². The predicted octanol–water partition coefficient (Wildman–Crippen LogP) is 15.1. The van der Waals surface area contributed by atoms with Crippen molar-refractivity contribution in [2.45, 2.75) is 33.4 Å². The number of ether oxygens (including phenoxy) is 4. The van der Waals surface area contributed by atoms with Crippen LogP contribution in [0.5, 0.6) is 0 Å². The fourth-order valence-electron chi connectivity index (χ4n) is 9.70. The summed E-state index contributed by atoms with van der Waals surface area (Å²) >= 11 is 3.21. The minimum Gasteiger partial charge on any atom is -0.465 e. The number of para-hydroxylation sites is 6. The Morgan fingerprint density at radius 3 is 1.28 bits per heavy atom. The van der Waals surface area contributed by atoms with Crippen molar-refractivity contribution in [1.82, 2.24) is 9.97 Å². The summed E-state index contributed by atoms with van der Waals surface area (Å²) < 4.78 is 21.0. The molecule has 16 heteroatoms. The zero-order valence-corrected chi connectivity index (χ0v) is 42.0. The number of amides is 2. The van der Waals surface area contributed by atoms with Gasteiger partial charge in [0.25, 0.3) is 0 Å². The van der Waals surface area contributed by atoms with Gasteiger partial charge in [0.1, 0.15) is 0 Å². The number of rotatable bonds is 8. The highest BCUT2D eigenvalue weighted by atomic mass is 32.2.